The van der Waals surface area contributed by atoms with E-state index in [9.17, 15) is 9.59 Å². The van der Waals surface area contributed by atoms with Gasteiger partial charge in [0, 0.05) is 6.42 Å². The van der Waals surface area contributed by atoms with E-state index in [4.69, 9.17) is 9.52 Å². The molecule has 1 amide bonds. The molecule has 0 fully saturated rings. The summed E-state index contributed by atoms with van der Waals surface area (Å²) < 4.78 is 5.54. The van der Waals surface area contributed by atoms with E-state index in [2.05, 4.69) is 31.4 Å². The summed E-state index contributed by atoms with van der Waals surface area (Å²) in [5, 5.41) is 19.5. The quantitative estimate of drug-likeness (QED) is 0.860. The monoisotopic (exact) mass is 345 g/mol. The molecule has 2 aromatic heterocycles. The van der Waals surface area contributed by atoms with Crippen LogP contribution in [0.2, 0.25) is 0 Å². The molecule has 0 atom stereocenters. The van der Waals surface area contributed by atoms with Gasteiger partial charge in [-0.3, -0.25) is 14.9 Å². The smallest absolute Gasteiger partial charge is 0.303 e. The molecule has 0 spiro atoms. The number of aryl methyl sites for hydroxylation is 1. The van der Waals surface area contributed by atoms with Crippen molar-refractivity contribution in [2.75, 3.05) is 5.32 Å². The van der Waals surface area contributed by atoms with Crippen molar-refractivity contribution in [2.45, 2.75) is 12.8 Å². The second-order valence-electron chi connectivity index (χ2n) is 3.45. The summed E-state index contributed by atoms with van der Waals surface area (Å²) >= 11 is 4.23. The maximum Gasteiger partial charge on any atom is 0.303 e. The molecular weight excluding hydrogens is 338 g/mol. The van der Waals surface area contributed by atoms with Crippen LogP contribution in [0.4, 0.5) is 5.13 Å². The van der Waals surface area contributed by atoms with E-state index in [1.54, 1.807) is 6.07 Å². The Kier molecular flexibility index (Phi) is 4.27. The predicted octanol–water partition coefficient (Wildman–Crippen LogP) is 2.16. The molecule has 0 aliphatic heterocycles. The van der Waals surface area contributed by atoms with Crippen molar-refractivity contribution in [2.24, 2.45) is 0 Å². The fourth-order valence-corrected chi connectivity index (χ4v) is 2.25. The van der Waals surface area contributed by atoms with Crippen LogP contribution in [-0.4, -0.2) is 27.2 Å². The summed E-state index contributed by atoms with van der Waals surface area (Å²) in [6.45, 7) is 0. The van der Waals surface area contributed by atoms with Crippen LogP contribution in [0.5, 0.6) is 0 Å². The first-order chi connectivity index (χ1) is 9.04. The lowest BCUT2D eigenvalue weighted by molar-refractivity contribution is -0.136. The first-order valence-corrected chi connectivity index (χ1v) is 6.76. The first-order valence-electron chi connectivity index (χ1n) is 5.15. The summed E-state index contributed by atoms with van der Waals surface area (Å²) in [4.78, 5) is 22.1. The second-order valence-corrected chi connectivity index (χ2v) is 5.30. The third-order valence-corrected chi connectivity index (χ3v) is 3.36. The van der Waals surface area contributed by atoms with Crippen LogP contribution < -0.4 is 5.32 Å². The van der Waals surface area contributed by atoms with E-state index >= 15 is 0 Å². The van der Waals surface area contributed by atoms with Gasteiger partial charge in [0.15, 0.2) is 10.4 Å². The average molecular weight is 346 g/mol. The topological polar surface area (TPSA) is 105 Å². The lowest BCUT2D eigenvalue weighted by atomic mass is 10.3. The molecule has 0 saturated heterocycles. The highest BCUT2D eigenvalue weighted by atomic mass is 79.9. The zero-order valence-electron chi connectivity index (χ0n) is 9.42. The summed E-state index contributed by atoms with van der Waals surface area (Å²) in [5.74, 6) is -1.19. The number of aromatic nitrogens is 2. The van der Waals surface area contributed by atoms with Crippen molar-refractivity contribution >= 4 is 44.3 Å². The Labute approximate surface area is 119 Å². The van der Waals surface area contributed by atoms with E-state index in [-0.39, 0.29) is 18.6 Å². The molecule has 0 saturated carbocycles. The molecule has 100 valence electrons. The number of carbonyl (C=O) groups excluding carboxylic acids is 1. The molecule has 0 aliphatic rings. The van der Waals surface area contributed by atoms with E-state index in [0.717, 1.165) is 11.3 Å². The van der Waals surface area contributed by atoms with Crippen LogP contribution in [0.3, 0.4) is 0 Å². The maximum absolute atomic E-state index is 11.7. The number of anilines is 1. The van der Waals surface area contributed by atoms with Crippen molar-refractivity contribution in [1.29, 1.82) is 0 Å². The van der Waals surface area contributed by atoms with Crippen LogP contribution in [0.1, 0.15) is 22.0 Å². The normalized spacial score (nSPS) is 10.4. The van der Waals surface area contributed by atoms with E-state index in [1.807, 2.05) is 0 Å². The van der Waals surface area contributed by atoms with Gasteiger partial charge in [-0.1, -0.05) is 11.3 Å². The number of amides is 1. The Morgan fingerprint density at radius 3 is 2.84 bits per heavy atom. The third-order valence-electron chi connectivity index (χ3n) is 2.04. The Bertz CT molecular complexity index is 609. The fraction of sp³-hybridized carbons (Fsp3) is 0.200. The van der Waals surface area contributed by atoms with Gasteiger partial charge in [-0.05, 0) is 28.1 Å². The number of hydrogen-bond donors (Lipinski definition) is 2. The van der Waals surface area contributed by atoms with Crippen molar-refractivity contribution in [1.82, 2.24) is 10.2 Å². The Morgan fingerprint density at radius 1 is 1.42 bits per heavy atom. The van der Waals surface area contributed by atoms with Crippen LogP contribution >= 0.6 is 27.3 Å². The number of halogens is 1. The van der Waals surface area contributed by atoms with Gasteiger partial charge in [0.2, 0.25) is 5.13 Å². The minimum atomic E-state index is -0.902. The van der Waals surface area contributed by atoms with Gasteiger partial charge in [-0.2, -0.15) is 0 Å². The maximum atomic E-state index is 11.7. The number of carboxylic acids is 1. The van der Waals surface area contributed by atoms with Crippen molar-refractivity contribution in [3.8, 4) is 0 Å². The summed E-state index contributed by atoms with van der Waals surface area (Å²) in [7, 11) is 0. The number of carboxylic acid groups (broad SMARTS) is 1. The lowest BCUT2D eigenvalue weighted by Crippen LogP contribution is -2.10. The van der Waals surface area contributed by atoms with E-state index in [0.29, 0.717) is 14.8 Å². The van der Waals surface area contributed by atoms with Gasteiger partial charge in [0.1, 0.15) is 5.01 Å². The fourth-order valence-electron chi connectivity index (χ4n) is 1.21. The van der Waals surface area contributed by atoms with Gasteiger partial charge in [-0.15, -0.1) is 10.2 Å². The predicted molar refractivity (Wildman–Crippen MR) is 70.2 cm³/mol. The molecule has 0 bridgehead atoms. The van der Waals surface area contributed by atoms with Crippen LogP contribution in [0.25, 0.3) is 0 Å². The summed E-state index contributed by atoms with van der Waals surface area (Å²) in [6, 6.07) is 3.12. The van der Waals surface area contributed by atoms with Crippen molar-refractivity contribution in [3.63, 3.8) is 0 Å². The molecule has 9 heteroatoms. The Hall–Kier alpha value is -1.74. The number of carbonyl (C=O) groups is 2. The molecule has 2 aromatic rings. The van der Waals surface area contributed by atoms with Gasteiger partial charge in [-0.25, -0.2) is 0 Å². The van der Waals surface area contributed by atoms with E-state index in [1.165, 1.54) is 6.07 Å². The lowest BCUT2D eigenvalue weighted by Gasteiger charge is -1.95. The molecule has 0 aliphatic carbocycles. The first kappa shape index (κ1) is 13.7. The van der Waals surface area contributed by atoms with Crippen molar-refractivity contribution in [3.05, 3.63) is 27.6 Å². The molecule has 0 radical (unpaired) electrons. The molecule has 19 heavy (non-hydrogen) atoms. The summed E-state index contributed by atoms with van der Waals surface area (Å²) in [6.07, 6.45) is 0.267. The Morgan fingerprint density at radius 2 is 2.21 bits per heavy atom. The average Bonchev–Trinajstić information content (AvgIpc) is 2.95. The zero-order chi connectivity index (χ0) is 13.8. The van der Waals surface area contributed by atoms with Crippen LogP contribution in [0, 0.1) is 0 Å². The molecule has 0 aromatic carbocycles. The molecule has 2 N–H and O–H groups in total. The summed E-state index contributed by atoms with van der Waals surface area (Å²) in [5.41, 5.74) is 0. The van der Waals surface area contributed by atoms with Crippen LogP contribution in [-0.2, 0) is 11.2 Å². The highest BCUT2D eigenvalue weighted by molar-refractivity contribution is 9.10. The van der Waals surface area contributed by atoms with Gasteiger partial charge < -0.3 is 9.52 Å². The van der Waals surface area contributed by atoms with Gasteiger partial charge in [0.05, 0.1) is 6.42 Å². The molecular formula is C10H8BrN3O4S. The highest BCUT2D eigenvalue weighted by Gasteiger charge is 2.13. The number of rotatable bonds is 5. The minimum Gasteiger partial charge on any atom is -0.481 e. The second kappa shape index (κ2) is 5.93. The number of furan rings is 1. The molecule has 7 nitrogen and oxygen atoms in total. The Balaban J connectivity index is 1.96. The van der Waals surface area contributed by atoms with Crippen molar-refractivity contribution < 1.29 is 19.1 Å². The standard InChI is InChI=1S/C10H8BrN3O4S/c11-6-2-1-5(18-6)9(17)12-10-14-13-7(19-10)3-4-8(15)16/h1-2H,3-4H2,(H,15,16)(H,12,14,17). The number of aliphatic carboxylic acids is 1. The van der Waals surface area contributed by atoms with Gasteiger partial charge in [0.25, 0.3) is 5.91 Å². The molecule has 2 rings (SSSR count). The third kappa shape index (κ3) is 3.86. The largest absolute Gasteiger partial charge is 0.481 e. The number of nitrogens with zero attached hydrogens (tertiary/aromatic N) is 2. The minimum absolute atomic E-state index is 0.0201. The number of nitrogens with one attached hydrogen (secondary N) is 1. The number of hydrogen-bond acceptors (Lipinski definition) is 6. The van der Waals surface area contributed by atoms with E-state index < -0.39 is 11.9 Å². The highest BCUT2D eigenvalue weighted by Crippen LogP contribution is 2.19. The van der Waals surface area contributed by atoms with Crippen LogP contribution in [0.15, 0.2) is 21.2 Å². The SMILES string of the molecule is O=C(O)CCc1nnc(NC(=O)c2ccc(Br)o2)s1. The zero-order valence-corrected chi connectivity index (χ0v) is 11.8. The molecule has 2 heterocycles. The molecule has 0 unspecified atom stereocenters. The van der Waals surface area contributed by atoms with Gasteiger partial charge >= 0.3 is 5.97 Å².